The van der Waals surface area contributed by atoms with Crippen LogP contribution < -0.4 is 5.32 Å². The van der Waals surface area contributed by atoms with Gasteiger partial charge < -0.3 is 14.8 Å². The molecule has 0 bridgehead atoms. The standard InChI is InChI=1S/C12H6BrClFNO4/c13-7-2-6(15)3-8(14)10(7)16-11(17)9-1-5(4-20-9)12(18)19/h1-4H,(H,16,17)(H,18,19). The van der Waals surface area contributed by atoms with Gasteiger partial charge in [0.2, 0.25) is 0 Å². The van der Waals surface area contributed by atoms with Crippen LogP contribution in [0, 0.1) is 5.82 Å². The minimum Gasteiger partial charge on any atom is -0.478 e. The molecule has 2 N–H and O–H groups in total. The maximum atomic E-state index is 13.0. The first-order chi connectivity index (χ1) is 9.38. The third-order valence-electron chi connectivity index (χ3n) is 2.32. The van der Waals surface area contributed by atoms with Gasteiger partial charge in [0.1, 0.15) is 12.1 Å². The van der Waals surface area contributed by atoms with E-state index < -0.39 is 17.7 Å². The molecule has 0 fully saturated rings. The van der Waals surface area contributed by atoms with E-state index in [4.69, 9.17) is 21.1 Å². The molecule has 0 atom stereocenters. The molecule has 1 aromatic heterocycles. The zero-order valence-electron chi connectivity index (χ0n) is 9.62. The van der Waals surface area contributed by atoms with Crippen LogP contribution in [0.5, 0.6) is 0 Å². The van der Waals surface area contributed by atoms with Crippen LogP contribution in [0.15, 0.2) is 33.4 Å². The van der Waals surface area contributed by atoms with Crippen LogP contribution in [-0.4, -0.2) is 17.0 Å². The molecule has 20 heavy (non-hydrogen) atoms. The summed E-state index contributed by atoms with van der Waals surface area (Å²) < 4.78 is 18.1. The predicted octanol–water partition coefficient (Wildman–Crippen LogP) is 3.79. The Morgan fingerprint density at radius 3 is 2.60 bits per heavy atom. The van der Waals surface area contributed by atoms with Crippen LogP contribution in [0.2, 0.25) is 5.02 Å². The fourth-order valence-corrected chi connectivity index (χ4v) is 2.30. The second-order valence-electron chi connectivity index (χ2n) is 3.70. The number of carbonyl (C=O) groups is 2. The lowest BCUT2D eigenvalue weighted by Gasteiger charge is -2.08. The molecular weight excluding hydrogens is 356 g/mol. The molecule has 104 valence electrons. The Hall–Kier alpha value is -1.86. The first kappa shape index (κ1) is 14.5. The van der Waals surface area contributed by atoms with Crippen molar-refractivity contribution in [1.29, 1.82) is 0 Å². The minimum absolute atomic E-state index is 0.00441. The molecule has 8 heteroatoms. The van der Waals surface area contributed by atoms with Gasteiger partial charge in [-0.25, -0.2) is 9.18 Å². The fraction of sp³-hybridized carbons (Fsp3) is 0. The molecule has 0 aliphatic carbocycles. The topological polar surface area (TPSA) is 79.5 Å². The van der Waals surface area contributed by atoms with E-state index in [1.807, 2.05) is 0 Å². The lowest BCUT2D eigenvalue weighted by molar-refractivity contribution is 0.0696. The van der Waals surface area contributed by atoms with Crippen molar-refractivity contribution < 1.29 is 23.5 Å². The van der Waals surface area contributed by atoms with E-state index in [0.29, 0.717) is 0 Å². The van der Waals surface area contributed by atoms with Crippen molar-refractivity contribution in [1.82, 2.24) is 0 Å². The number of benzene rings is 1. The molecule has 0 unspecified atom stereocenters. The summed E-state index contributed by atoms with van der Waals surface area (Å²) in [5.74, 6) is -2.68. The minimum atomic E-state index is -1.21. The average Bonchev–Trinajstić information content (AvgIpc) is 2.83. The van der Waals surface area contributed by atoms with Gasteiger partial charge in [0.15, 0.2) is 5.76 Å². The van der Waals surface area contributed by atoms with Crippen molar-refractivity contribution in [2.24, 2.45) is 0 Å². The van der Waals surface area contributed by atoms with Crippen molar-refractivity contribution in [3.05, 3.63) is 51.1 Å². The fourth-order valence-electron chi connectivity index (χ4n) is 1.40. The number of hydrogen-bond acceptors (Lipinski definition) is 3. The molecule has 1 heterocycles. The molecule has 0 radical (unpaired) electrons. The van der Waals surface area contributed by atoms with E-state index in [9.17, 15) is 14.0 Å². The van der Waals surface area contributed by atoms with Crippen LogP contribution in [0.25, 0.3) is 0 Å². The number of hydrogen-bond donors (Lipinski definition) is 2. The Bertz CT molecular complexity index is 678. The molecule has 0 spiro atoms. The van der Waals surface area contributed by atoms with Crippen LogP contribution in [0.1, 0.15) is 20.9 Å². The summed E-state index contributed by atoms with van der Waals surface area (Å²) in [7, 11) is 0. The molecule has 5 nitrogen and oxygen atoms in total. The van der Waals surface area contributed by atoms with E-state index in [1.165, 1.54) is 0 Å². The first-order valence-electron chi connectivity index (χ1n) is 5.16. The number of rotatable bonds is 3. The maximum absolute atomic E-state index is 13.0. The SMILES string of the molecule is O=C(O)c1coc(C(=O)Nc2c(Cl)cc(F)cc2Br)c1. The first-order valence-corrected chi connectivity index (χ1v) is 6.33. The summed E-state index contributed by atoms with van der Waals surface area (Å²) in [6.07, 6.45) is 0.943. The molecule has 0 saturated carbocycles. The normalized spacial score (nSPS) is 10.3. The summed E-state index contributed by atoms with van der Waals surface area (Å²) in [5, 5.41) is 11.1. The highest BCUT2D eigenvalue weighted by molar-refractivity contribution is 9.10. The molecule has 0 aliphatic rings. The highest BCUT2D eigenvalue weighted by Gasteiger charge is 2.17. The van der Waals surface area contributed by atoms with Crippen LogP contribution in [-0.2, 0) is 0 Å². The van der Waals surface area contributed by atoms with Crippen LogP contribution in [0.3, 0.4) is 0 Å². The van der Waals surface area contributed by atoms with E-state index in [-0.39, 0.29) is 26.5 Å². The molecule has 1 amide bonds. The number of aromatic carboxylic acids is 1. The van der Waals surface area contributed by atoms with Crippen molar-refractivity contribution in [3.63, 3.8) is 0 Å². The van der Waals surface area contributed by atoms with Gasteiger partial charge in [-0.2, -0.15) is 0 Å². The zero-order chi connectivity index (χ0) is 14.9. The number of anilines is 1. The number of carboxylic acid groups (broad SMARTS) is 1. The Morgan fingerprint density at radius 2 is 2.05 bits per heavy atom. The lowest BCUT2D eigenvalue weighted by Crippen LogP contribution is -2.12. The number of carboxylic acids is 1. The Labute approximate surface area is 125 Å². The van der Waals surface area contributed by atoms with Crippen molar-refractivity contribution in [3.8, 4) is 0 Å². The van der Waals surface area contributed by atoms with E-state index in [1.54, 1.807) is 0 Å². The molecule has 2 aromatic rings. The van der Waals surface area contributed by atoms with E-state index in [0.717, 1.165) is 24.5 Å². The lowest BCUT2D eigenvalue weighted by atomic mass is 10.2. The highest BCUT2D eigenvalue weighted by atomic mass is 79.9. The average molecular weight is 363 g/mol. The summed E-state index contributed by atoms with van der Waals surface area (Å²) in [4.78, 5) is 22.5. The summed E-state index contributed by atoms with van der Waals surface area (Å²) >= 11 is 8.88. The number of amides is 1. The maximum Gasteiger partial charge on any atom is 0.338 e. The van der Waals surface area contributed by atoms with Gasteiger partial charge in [-0.3, -0.25) is 4.79 Å². The van der Waals surface area contributed by atoms with Crippen LogP contribution in [0.4, 0.5) is 10.1 Å². The van der Waals surface area contributed by atoms with Crippen molar-refractivity contribution in [2.75, 3.05) is 5.32 Å². The van der Waals surface area contributed by atoms with Gasteiger partial charge in [-0.05, 0) is 28.1 Å². The highest BCUT2D eigenvalue weighted by Crippen LogP contribution is 2.32. The zero-order valence-corrected chi connectivity index (χ0v) is 12.0. The molecule has 0 aliphatic heterocycles. The molecular formula is C12H6BrClFNO4. The van der Waals surface area contributed by atoms with Gasteiger partial charge in [0.05, 0.1) is 16.3 Å². The number of carbonyl (C=O) groups excluding carboxylic acids is 1. The Kier molecular flexibility index (Phi) is 4.10. The summed E-state index contributed by atoms with van der Waals surface area (Å²) in [6.45, 7) is 0. The monoisotopic (exact) mass is 361 g/mol. The van der Waals surface area contributed by atoms with E-state index in [2.05, 4.69) is 21.2 Å². The molecule has 1 aromatic carbocycles. The van der Waals surface area contributed by atoms with Gasteiger partial charge in [0, 0.05) is 10.5 Å². The summed E-state index contributed by atoms with van der Waals surface area (Å²) in [5.41, 5.74) is 0.00533. The summed E-state index contributed by atoms with van der Waals surface area (Å²) in [6, 6.07) is 3.24. The molecule has 0 saturated heterocycles. The van der Waals surface area contributed by atoms with Crippen molar-refractivity contribution >= 4 is 45.1 Å². The molecule has 2 rings (SSSR count). The van der Waals surface area contributed by atoms with Gasteiger partial charge in [-0.15, -0.1) is 0 Å². The Morgan fingerprint density at radius 1 is 1.35 bits per heavy atom. The quantitative estimate of drug-likeness (QED) is 0.871. The third kappa shape index (κ3) is 3.00. The van der Waals surface area contributed by atoms with Crippen molar-refractivity contribution in [2.45, 2.75) is 0 Å². The second-order valence-corrected chi connectivity index (χ2v) is 4.96. The van der Waals surface area contributed by atoms with Gasteiger partial charge in [0.25, 0.3) is 5.91 Å². The predicted molar refractivity (Wildman–Crippen MR) is 72.7 cm³/mol. The number of furan rings is 1. The van der Waals surface area contributed by atoms with Gasteiger partial charge >= 0.3 is 5.97 Å². The number of nitrogens with one attached hydrogen (secondary N) is 1. The largest absolute Gasteiger partial charge is 0.478 e. The van der Waals surface area contributed by atoms with Gasteiger partial charge in [-0.1, -0.05) is 11.6 Å². The Balaban J connectivity index is 2.25. The van der Waals surface area contributed by atoms with Crippen LogP contribution >= 0.6 is 27.5 Å². The van der Waals surface area contributed by atoms with E-state index >= 15 is 0 Å². The smallest absolute Gasteiger partial charge is 0.338 e. The third-order valence-corrected chi connectivity index (χ3v) is 3.24. The second kappa shape index (κ2) is 5.64. The number of halogens is 3.